The quantitative estimate of drug-likeness (QED) is 0.471. The average Bonchev–Trinajstić information content (AvgIpc) is 2.61. The van der Waals surface area contributed by atoms with Crippen molar-refractivity contribution in [3.63, 3.8) is 0 Å². The van der Waals surface area contributed by atoms with E-state index in [9.17, 15) is 0 Å². The summed E-state index contributed by atoms with van der Waals surface area (Å²) in [6, 6.07) is 10.6. The molecule has 2 aromatic heterocycles. The number of aromatic nitrogens is 2. The highest BCUT2D eigenvalue weighted by molar-refractivity contribution is 5.92. The molecule has 0 bridgehead atoms. The van der Waals surface area contributed by atoms with Gasteiger partial charge in [-0.05, 0) is 17.5 Å². The monoisotopic (exact) mass is 183 g/mol. The van der Waals surface area contributed by atoms with Gasteiger partial charge >= 0.3 is 0 Å². The van der Waals surface area contributed by atoms with Crippen LogP contribution in [-0.2, 0) is 7.05 Å². The smallest absolute Gasteiger partial charge is 0.232 e. The second-order valence-corrected chi connectivity index (χ2v) is 3.54. The molecular formula is C12H11N2+. The Morgan fingerprint density at radius 3 is 2.86 bits per heavy atom. The average molecular weight is 183 g/mol. The molecule has 0 spiro atoms. The van der Waals surface area contributed by atoms with Crippen LogP contribution in [-0.4, -0.2) is 4.40 Å². The van der Waals surface area contributed by atoms with Crippen LogP contribution in [0.1, 0.15) is 0 Å². The number of rotatable bonds is 0. The molecule has 0 N–H and O–H groups in total. The molecule has 2 heteroatoms. The molecule has 3 aromatic rings. The Labute approximate surface area is 82.0 Å². The van der Waals surface area contributed by atoms with E-state index < -0.39 is 0 Å². The zero-order chi connectivity index (χ0) is 9.54. The number of fused-ring (bicyclic) bond motifs is 3. The highest BCUT2D eigenvalue weighted by Crippen LogP contribution is 2.16. The van der Waals surface area contributed by atoms with Crippen LogP contribution in [0.15, 0.2) is 48.9 Å². The lowest BCUT2D eigenvalue weighted by Crippen LogP contribution is -2.25. The lowest BCUT2D eigenvalue weighted by molar-refractivity contribution is -0.643. The van der Waals surface area contributed by atoms with Crippen LogP contribution >= 0.6 is 0 Å². The van der Waals surface area contributed by atoms with Crippen molar-refractivity contribution in [2.75, 3.05) is 0 Å². The first-order valence-electron chi connectivity index (χ1n) is 4.70. The second kappa shape index (κ2) is 2.58. The molecule has 3 rings (SSSR count). The number of pyridine rings is 1. The van der Waals surface area contributed by atoms with Crippen LogP contribution in [0.5, 0.6) is 0 Å². The summed E-state index contributed by atoms with van der Waals surface area (Å²) in [7, 11) is 2.07. The molecule has 0 atom stereocenters. The lowest BCUT2D eigenvalue weighted by atomic mass is 10.2. The standard InChI is InChI=1S/C12H11N2/c1-13-8-9-14-7-6-10-4-2-3-5-11(10)12(13)14/h2-9H,1H3/q+1. The first kappa shape index (κ1) is 7.56. The van der Waals surface area contributed by atoms with Crippen molar-refractivity contribution in [2.45, 2.75) is 0 Å². The van der Waals surface area contributed by atoms with Crippen molar-refractivity contribution in [2.24, 2.45) is 7.05 Å². The van der Waals surface area contributed by atoms with Crippen molar-refractivity contribution >= 4 is 16.4 Å². The van der Waals surface area contributed by atoms with Crippen LogP contribution in [0.3, 0.4) is 0 Å². The Kier molecular flexibility index (Phi) is 1.39. The molecule has 68 valence electrons. The molecule has 1 aromatic carbocycles. The zero-order valence-electron chi connectivity index (χ0n) is 8.01. The van der Waals surface area contributed by atoms with Crippen LogP contribution < -0.4 is 4.57 Å². The normalized spacial score (nSPS) is 11.2. The molecule has 0 aliphatic rings. The van der Waals surface area contributed by atoms with E-state index in [0.29, 0.717) is 0 Å². The van der Waals surface area contributed by atoms with E-state index in [1.807, 2.05) is 0 Å². The third-order valence-corrected chi connectivity index (χ3v) is 2.65. The molecule has 0 aliphatic heterocycles. The molecule has 2 heterocycles. The van der Waals surface area contributed by atoms with Gasteiger partial charge in [0.15, 0.2) is 0 Å². The van der Waals surface area contributed by atoms with Gasteiger partial charge in [0.25, 0.3) is 5.65 Å². The van der Waals surface area contributed by atoms with E-state index in [1.54, 1.807) is 0 Å². The molecule has 0 saturated heterocycles. The highest BCUT2D eigenvalue weighted by atomic mass is 15.1. The summed E-state index contributed by atoms with van der Waals surface area (Å²) in [6.45, 7) is 0. The number of benzene rings is 1. The van der Waals surface area contributed by atoms with Crippen molar-refractivity contribution in [3.8, 4) is 0 Å². The number of nitrogens with zero attached hydrogens (tertiary/aromatic N) is 2. The van der Waals surface area contributed by atoms with Gasteiger partial charge in [-0.1, -0.05) is 18.2 Å². The lowest BCUT2D eigenvalue weighted by Gasteiger charge is -1.96. The minimum atomic E-state index is 1.24. The minimum Gasteiger partial charge on any atom is -0.232 e. The maximum atomic E-state index is 2.16. The summed E-state index contributed by atoms with van der Waals surface area (Å²) in [5.74, 6) is 0. The van der Waals surface area contributed by atoms with E-state index in [-0.39, 0.29) is 0 Å². The number of imidazole rings is 1. The maximum absolute atomic E-state index is 2.16. The minimum absolute atomic E-state index is 1.24. The summed E-state index contributed by atoms with van der Waals surface area (Å²) >= 11 is 0. The summed E-state index contributed by atoms with van der Waals surface area (Å²) < 4.78 is 4.28. The van der Waals surface area contributed by atoms with E-state index in [1.165, 1.54) is 16.4 Å². The Bertz CT molecular complexity index is 608. The molecule has 14 heavy (non-hydrogen) atoms. The second-order valence-electron chi connectivity index (χ2n) is 3.54. The van der Waals surface area contributed by atoms with E-state index >= 15 is 0 Å². The van der Waals surface area contributed by atoms with Gasteiger partial charge in [-0.25, -0.2) is 8.97 Å². The maximum Gasteiger partial charge on any atom is 0.293 e. The Balaban J connectivity index is 2.65. The van der Waals surface area contributed by atoms with Gasteiger partial charge in [0.2, 0.25) is 0 Å². The number of aryl methyl sites for hydroxylation is 1. The molecule has 2 nitrogen and oxygen atoms in total. The fourth-order valence-electron chi connectivity index (χ4n) is 1.95. The van der Waals surface area contributed by atoms with Crippen LogP contribution in [0.4, 0.5) is 0 Å². The SMILES string of the molecule is C[n+]1ccn2ccc3ccccc3c21. The van der Waals surface area contributed by atoms with Gasteiger partial charge in [0.1, 0.15) is 12.4 Å². The van der Waals surface area contributed by atoms with Crippen molar-refractivity contribution in [3.05, 3.63) is 48.9 Å². The third-order valence-electron chi connectivity index (χ3n) is 2.65. The van der Waals surface area contributed by atoms with Gasteiger partial charge in [0, 0.05) is 0 Å². The summed E-state index contributed by atoms with van der Waals surface area (Å²) in [4.78, 5) is 0. The zero-order valence-corrected chi connectivity index (χ0v) is 8.01. The van der Waals surface area contributed by atoms with E-state index in [4.69, 9.17) is 0 Å². The highest BCUT2D eigenvalue weighted by Gasteiger charge is 2.09. The van der Waals surface area contributed by atoms with Gasteiger partial charge in [-0.3, -0.25) is 0 Å². The molecule has 0 fully saturated rings. The molecule has 0 radical (unpaired) electrons. The Hall–Kier alpha value is -1.83. The number of hydrogen-bond donors (Lipinski definition) is 0. The van der Waals surface area contributed by atoms with Gasteiger partial charge in [-0.15, -0.1) is 0 Å². The van der Waals surface area contributed by atoms with E-state index in [2.05, 4.69) is 64.9 Å². The van der Waals surface area contributed by atoms with Crippen LogP contribution in [0.2, 0.25) is 0 Å². The fraction of sp³-hybridized carbons (Fsp3) is 0.0833. The Morgan fingerprint density at radius 2 is 1.93 bits per heavy atom. The molecule has 0 unspecified atom stereocenters. The first-order chi connectivity index (χ1) is 6.86. The summed E-state index contributed by atoms with van der Waals surface area (Å²) in [5, 5.41) is 2.58. The Morgan fingerprint density at radius 1 is 1.07 bits per heavy atom. The molecule has 0 amide bonds. The van der Waals surface area contributed by atoms with Crippen molar-refractivity contribution in [1.29, 1.82) is 0 Å². The van der Waals surface area contributed by atoms with Crippen molar-refractivity contribution < 1.29 is 4.57 Å². The number of hydrogen-bond acceptors (Lipinski definition) is 0. The van der Waals surface area contributed by atoms with Gasteiger partial charge in [-0.2, -0.15) is 0 Å². The van der Waals surface area contributed by atoms with Gasteiger partial charge < -0.3 is 0 Å². The molecular weight excluding hydrogens is 172 g/mol. The third kappa shape index (κ3) is 0.880. The van der Waals surface area contributed by atoms with E-state index in [0.717, 1.165) is 0 Å². The van der Waals surface area contributed by atoms with Crippen molar-refractivity contribution in [1.82, 2.24) is 4.40 Å². The predicted octanol–water partition coefficient (Wildman–Crippen LogP) is 1.92. The largest absolute Gasteiger partial charge is 0.293 e. The summed E-state index contributed by atoms with van der Waals surface area (Å²) in [5.41, 5.74) is 1.24. The predicted molar refractivity (Wildman–Crippen MR) is 56.1 cm³/mol. The van der Waals surface area contributed by atoms with Gasteiger partial charge in [0.05, 0.1) is 18.6 Å². The molecule has 0 saturated carbocycles. The summed E-state index contributed by atoms with van der Waals surface area (Å²) in [6.07, 6.45) is 6.24. The van der Waals surface area contributed by atoms with Crippen LogP contribution in [0, 0.1) is 0 Å². The topological polar surface area (TPSA) is 8.29 Å². The first-order valence-corrected chi connectivity index (χ1v) is 4.70. The molecule has 0 aliphatic carbocycles. The fourth-order valence-corrected chi connectivity index (χ4v) is 1.95. The van der Waals surface area contributed by atoms with Crippen LogP contribution in [0.25, 0.3) is 16.4 Å².